The van der Waals surface area contributed by atoms with E-state index in [9.17, 15) is 45.5 Å². The second-order valence-electron chi connectivity index (χ2n) is 13.5. The highest BCUT2D eigenvalue weighted by atomic mass is 32.2. The number of hydrogen-bond acceptors (Lipinski definition) is 19. The zero-order valence-electron chi connectivity index (χ0n) is 31.2. The number of rotatable bonds is 14. The number of piperidine rings is 2. The van der Waals surface area contributed by atoms with E-state index in [1.54, 1.807) is 5.01 Å². The summed E-state index contributed by atoms with van der Waals surface area (Å²) < 4.78 is 85.6. The van der Waals surface area contributed by atoms with Crippen LogP contribution in [-0.2, 0) is 29.7 Å². The molecule has 0 radical (unpaired) electrons. The monoisotopic (exact) mass is 862 g/mol. The number of sulfone groups is 2. The zero-order valence-corrected chi connectivity index (χ0v) is 33.7. The van der Waals surface area contributed by atoms with Gasteiger partial charge in [-0.15, -0.1) is 0 Å². The fourth-order valence-corrected chi connectivity index (χ4v) is 8.53. The first-order valence-corrected chi connectivity index (χ1v) is 23.1. The van der Waals surface area contributed by atoms with Crippen LogP contribution < -0.4 is 19.8 Å². The molecule has 25 heteroatoms. The molecule has 2 fully saturated rings. The first-order valence-electron chi connectivity index (χ1n) is 17.5. The molecule has 0 unspecified atom stereocenters. The molecule has 0 atom stereocenters. The molecule has 22 nitrogen and oxygen atoms in total. The van der Waals surface area contributed by atoms with E-state index >= 15 is 0 Å². The van der Waals surface area contributed by atoms with Crippen molar-refractivity contribution in [3.8, 4) is 11.8 Å². The number of sulfonamides is 1. The number of anilines is 4. The Morgan fingerprint density at radius 2 is 1.14 bits per heavy atom. The van der Waals surface area contributed by atoms with Crippen molar-refractivity contribution in [1.29, 1.82) is 0 Å². The molecular weight excluding hydrogens is 825 g/mol. The molecule has 58 heavy (non-hydrogen) atoms. The third kappa shape index (κ3) is 9.72. The third-order valence-corrected chi connectivity index (χ3v) is 12.9. The number of benzene rings is 2. The Balaban J connectivity index is 1.26. The van der Waals surface area contributed by atoms with Gasteiger partial charge >= 0.3 is 11.4 Å². The molecule has 0 saturated carbocycles. The number of hydrogen-bond donors (Lipinski definition) is 1. The van der Waals surface area contributed by atoms with Crippen molar-refractivity contribution in [3.05, 3.63) is 81.4 Å². The van der Waals surface area contributed by atoms with Crippen molar-refractivity contribution in [2.24, 2.45) is 0 Å². The van der Waals surface area contributed by atoms with Crippen molar-refractivity contribution in [2.45, 2.75) is 47.7 Å². The highest BCUT2D eigenvalue weighted by Gasteiger charge is 2.37. The predicted molar refractivity (Wildman–Crippen MR) is 207 cm³/mol. The van der Waals surface area contributed by atoms with Crippen molar-refractivity contribution < 1.29 is 44.6 Å². The van der Waals surface area contributed by atoms with Crippen LogP contribution in [0, 0.1) is 20.2 Å². The van der Waals surface area contributed by atoms with Crippen LogP contribution in [-0.4, -0.2) is 122 Å². The lowest BCUT2D eigenvalue weighted by atomic mass is 10.1. The van der Waals surface area contributed by atoms with Gasteiger partial charge in [-0.1, -0.05) is 0 Å². The van der Waals surface area contributed by atoms with Crippen LogP contribution >= 0.6 is 0 Å². The minimum Gasteiger partial charge on any atom is -0.469 e. The summed E-state index contributed by atoms with van der Waals surface area (Å²) in [4.78, 5) is 40.0. The molecule has 6 rings (SSSR count). The fraction of sp³-hybridized carbons (Fsp3) is 0.394. The Morgan fingerprint density at radius 1 is 0.672 bits per heavy atom. The summed E-state index contributed by atoms with van der Waals surface area (Å²) >= 11 is 0. The Hall–Kier alpha value is -5.63. The topological polar surface area (TPSA) is 280 Å². The van der Waals surface area contributed by atoms with Gasteiger partial charge in [0.25, 0.3) is 11.8 Å². The van der Waals surface area contributed by atoms with Gasteiger partial charge in [0.1, 0.15) is 24.9 Å². The minimum atomic E-state index is -3.60. The van der Waals surface area contributed by atoms with E-state index in [0.717, 1.165) is 31.4 Å². The second-order valence-corrected chi connectivity index (χ2v) is 19.5. The molecular formula is C33H38N10O12S3. The number of hydrazine groups is 1. The van der Waals surface area contributed by atoms with E-state index in [1.807, 2.05) is 0 Å². The van der Waals surface area contributed by atoms with E-state index in [2.05, 4.69) is 25.3 Å². The molecule has 0 aliphatic carbocycles. The SMILES string of the molecule is CS(=O)(=O)c1ccc(Nc2ncnc(OC3CCN(N(c4ccc(S(C)(=O)=O)cc4)c4ncnc(OC5CCN(S(C)(=O)=O)CC5)c4[N+](=O)[O-])CC3)c2[N+](=O)[O-])cc1. The summed E-state index contributed by atoms with van der Waals surface area (Å²) in [6, 6.07) is 11.2. The number of ether oxygens (including phenoxy) is 2. The Morgan fingerprint density at radius 3 is 1.62 bits per heavy atom. The maximum Gasteiger partial charge on any atom is 0.374 e. The number of nitrogens with zero attached hydrogens (tertiary/aromatic N) is 9. The van der Waals surface area contributed by atoms with Gasteiger partial charge in [0.15, 0.2) is 19.7 Å². The molecule has 4 heterocycles. The number of nitro groups is 2. The molecule has 310 valence electrons. The molecule has 2 aromatic heterocycles. The quantitative estimate of drug-likeness (QED) is 0.141. The average Bonchev–Trinajstić information content (AvgIpc) is 3.15. The summed E-state index contributed by atoms with van der Waals surface area (Å²) in [5.74, 6) is -1.05. The number of aromatic nitrogens is 4. The molecule has 1 N–H and O–H groups in total. The highest BCUT2D eigenvalue weighted by molar-refractivity contribution is 7.91. The summed E-state index contributed by atoms with van der Waals surface area (Å²) in [5.41, 5.74) is -0.507. The molecule has 2 saturated heterocycles. The lowest BCUT2D eigenvalue weighted by Gasteiger charge is -2.39. The Bertz CT molecular complexity index is 2510. The van der Waals surface area contributed by atoms with E-state index in [-0.39, 0.29) is 85.0 Å². The highest BCUT2D eigenvalue weighted by Crippen LogP contribution is 2.41. The largest absolute Gasteiger partial charge is 0.469 e. The lowest BCUT2D eigenvalue weighted by Crippen LogP contribution is -2.47. The van der Waals surface area contributed by atoms with Crippen molar-refractivity contribution in [1.82, 2.24) is 29.3 Å². The van der Waals surface area contributed by atoms with Crippen molar-refractivity contribution >= 4 is 64.1 Å². The predicted octanol–water partition coefficient (Wildman–Crippen LogP) is 3.03. The van der Waals surface area contributed by atoms with Gasteiger partial charge in [-0.2, -0.15) is 9.97 Å². The van der Waals surface area contributed by atoms with Crippen molar-refractivity contribution in [2.75, 3.05) is 55.3 Å². The summed E-state index contributed by atoms with van der Waals surface area (Å²) in [6.07, 6.45) is 5.14. The van der Waals surface area contributed by atoms with Gasteiger partial charge in [0, 0.05) is 44.4 Å². The zero-order chi connectivity index (χ0) is 42.0. The lowest BCUT2D eigenvalue weighted by molar-refractivity contribution is -0.386. The maximum atomic E-state index is 12.7. The maximum absolute atomic E-state index is 12.7. The molecule has 2 aliphatic heterocycles. The van der Waals surface area contributed by atoms with Crippen LogP contribution in [0.25, 0.3) is 0 Å². The van der Waals surface area contributed by atoms with Gasteiger partial charge in [0.2, 0.25) is 21.7 Å². The molecule has 0 amide bonds. The van der Waals surface area contributed by atoms with Gasteiger partial charge in [0.05, 0.1) is 31.6 Å². The fourth-order valence-electron chi connectivity index (χ4n) is 6.39. The second kappa shape index (κ2) is 16.7. The third-order valence-electron chi connectivity index (χ3n) is 9.31. The van der Waals surface area contributed by atoms with E-state index in [0.29, 0.717) is 11.4 Å². The normalized spacial score (nSPS) is 16.4. The van der Waals surface area contributed by atoms with Gasteiger partial charge in [-0.3, -0.25) is 25.2 Å². The molecule has 2 aromatic carbocycles. The first-order chi connectivity index (χ1) is 27.3. The Kier molecular flexibility index (Phi) is 12.1. The Labute approximate surface area is 333 Å². The van der Waals surface area contributed by atoms with Crippen LogP contribution in [0.15, 0.2) is 71.0 Å². The van der Waals surface area contributed by atoms with Gasteiger partial charge in [-0.25, -0.2) is 44.5 Å². The smallest absolute Gasteiger partial charge is 0.374 e. The standard InChI is InChI=1S/C33H38N10O12S3/c1-56(48,49)26-8-4-22(5-9-26)38-30-28(42(44)45)32(36-20-34-30)54-24-12-16-39(17-13-24)41(23-6-10-27(11-7-23)57(2,50)51)31-29(43(46)47)33(37-21-35-31)55-25-14-18-40(19-15-25)58(3,52)53/h4-11,20-21,24-25H,12-19H2,1-3H3,(H,34,36,38). The molecule has 2 aliphatic rings. The minimum absolute atomic E-state index is 0.0103. The van der Waals surface area contributed by atoms with Crippen LogP contribution in [0.1, 0.15) is 25.7 Å². The van der Waals surface area contributed by atoms with E-state index < -0.39 is 63.1 Å². The van der Waals surface area contributed by atoms with Crippen LogP contribution in [0.2, 0.25) is 0 Å². The van der Waals surface area contributed by atoms with Gasteiger partial charge in [-0.05, 0) is 74.2 Å². The van der Waals surface area contributed by atoms with Crippen LogP contribution in [0.4, 0.5) is 34.4 Å². The van der Waals surface area contributed by atoms with Crippen molar-refractivity contribution in [3.63, 3.8) is 0 Å². The summed E-state index contributed by atoms with van der Waals surface area (Å²) in [7, 11) is -10.5. The number of nitrogens with one attached hydrogen (secondary N) is 1. The average molecular weight is 863 g/mol. The summed E-state index contributed by atoms with van der Waals surface area (Å²) in [5, 5.41) is 31.0. The van der Waals surface area contributed by atoms with E-state index in [1.165, 1.54) is 57.8 Å². The van der Waals surface area contributed by atoms with Crippen LogP contribution in [0.5, 0.6) is 11.8 Å². The molecule has 0 spiro atoms. The van der Waals surface area contributed by atoms with E-state index in [4.69, 9.17) is 9.47 Å². The summed E-state index contributed by atoms with van der Waals surface area (Å²) in [6.45, 7) is 0.636. The molecule has 0 bridgehead atoms. The molecule has 4 aromatic rings. The first kappa shape index (κ1) is 42.0. The van der Waals surface area contributed by atoms with Gasteiger partial charge < -0.3 is 14.8 Å². The van der Waals surface area contributed by atoms with Crippen LogP contribution in [0.3, 0.4) is 0 Å².